The summed E-state index contributed by atoms with van der Waals surface area (Å²) in [5.74, 6) is -4.70. The van der Waals surface area contributed by atoms with Gasteiger partial charge >= 0.3 is 5.76 Å². The molecule has 0 fully saturated rings. The van der Waals surface area contributed by atoms with Gasteiger partial charge in [-0.05, 0) is 43.3 Å². The number of alkyl halides is 2. The maximum atomic E-state index is 13.1. The first kappa shape index (κ1) is 20.0. The van der Waals surface area contributed by atoms with Gasteiger partial charge in [0.2, 0.25) is 9.84 Å². The largest absolute Gasteiger partial charge is 0.341 e. The van der Waals surface area contributed by atoms with E-state index in [-0.39, 0.29) is 10.6 Å². The number of sulfone groups is 1. The number of benzene rings is 2. The van der Waals surface area contributed by atoms with E-state index in [1.807, 2.05) is 0 Å². The molecule has 2 aromatic carbocycles. The molecule has 0 unspecified atom stereocenters. The Labute approximate surface area is 162 Å². The van der Waals surface area contributed by atoms with Crippen molar-refractivity contribution in [2.45, 2.75) is 17.6 Å². The van der Waals surface area contributed by atoms with E-state index in [0.717, 1.165) is 17.4 Å². The van der Waals surface area contributed by atoms with Crippen LogP contribution in [0.4, 0.5) is 18.9 Å². The van der Waals surface area contributed by atoms with E-state index in [9.17, 15) is 26.4 Å². The quantitative estimate of drug-likeness (QED) is 0.652. The van der Waals surface area contributed by atoms with Crippen LogP contribution in [0.5, 0.6) is 0 Å². The van der Waals surface area contributed by atoms with Crippen molar-refractivity contribution in [1.82, 2.24) is 4.98 Å². The van der Waals surface area contributed by atoms with E-state index in [0.29, 0.717) is 16.3 Å². The fourth-order valence-electron chi connectivity index (χ4n) is 2.42. The Hall–Kier alpha value is -2.72. The number of aromatic nitrogens is 1. The molecule has 10 heteroatoms. The summed E-state index contributed by atoms with van der Waals surface area (Å²) in [5.41, 5.74) is 0.731. The molecule has 0 aliphatic rings. The third-order valence-corrected chi connectivity index (χ3v) is 6.41. The van der Waals surface area contributed by atoms with E-state index < -0.39 is 32.2 Å². The lowest BCUT2D eigenvalue weighted by Gasteiger charge is -2.10. The van der Waals surface area contributed by atoms with Gasteiger partial charge in [0.25, 0.3) is 5.91 Å². The topological polar surface area (TPSA) is 76.1 Å². The van der Waals surface area contributed by atoms with Crippen molar-refractivity contribution in [2.75, 3.05) is 5.32 Å². The summed E-state index contributed by atoms with van der Waals surface area (Å²) in [7, 11) is -4.88. The van der Waals surface area contributed by atoms with Crippen LogP contribution in [0, 0.1) is 12.7 Å². The van der Waals surface area contributed by atoms with Gasteiger partial charge in [0.1, 0.15) is 15.7 Å². The molecule has 1 aromatic heterocycles. The second-order valence-corrected chi connectivity index (χ2v) is 8.58. The predicted molar refractivity (Wildman–Crippen MR) is 99.8 cm³/mol. The predicted octanol–water partition coefficient (Wildman–Crippen LogP) is 4.51. The Morgan fingerprint density at radius 2 is 1.75 bits per heavy atom. The summed E-state index contributed by atoms with van der Waals surface area (Å²) < 4.78 is 62.5. The monoisotopic (exact) mass is 426 g/mol. The highest BCUT2D eigenvalue weighted by Gasteiger charge is 2.30. The van der Waals surface area contributed by atoms with Crippen LogP contribution in [0.25, 0.3) is 10.6 Å². The van der Waals surface area contributed by atoms with Crippen molar-refractivity contribution in [3.63, 3.8) is 0 Å². The minimum absolute atomic E-state index is 0.184. The van der Waals surface area contributed by atoms with Crippen LogP contribution in [-0.2, 0) is 9.84 Å². The number of carbonyl (C=O) groups is 1. The van der Waals surface area contributed by atoms with E-state index >= 15 is 0 Å². The number of nitrogens with one attached hydrogen (secondary N) is 1. The first-order chi connectivity index (χ1) is 13.2. The number of anilines is 1. The molecule has 146 valence electrons. The molecule has 0 atom stereocenters. The lowest BCUT2D eigenvalue weighted by atomic mass is 10.2. The highest BCUT2D eigenvalue weighted by molar-refractivity contribution is 7.91. The van der Waals surface area contributed by atoms with Crippen molar-refractivity contribution in [2.24, 2.45) is 0 Å². The highest BCUT2D eigenvalue weighted by atomic mass is 32.2. The van der Waals surface area contributed by atoms with Crippen molar-refractivity contribution in [3.05, 3.63) is 64.9 Å². The lowest BCUT2D eigenvalue weighted by molar-refractivity contribution is 0.102. The minimum Gasteiger partial charge on any atom is -0.320 e. The third kappa shape index (κ3) is 3.92. The van der Waals surface area contributed by atoms with Crippen molar-refractivity contribution >= 4 is 32.8 Å². The molecule has 0 spiro atoms. The number of amides is 1. The summed E-state index contributed by atoms with van der Waals surface area (Å²) in [5, 5.41) is 2.83. The molecule has 1 heterocycles. The normalized spacial score (nSPS) is 11.6. The van der Waals surface area contributed by atoms with Gasteiger partial charge in [-0.3, -0.25) is 4.79 Å². The fraction of sp³-hybridized carbons (Fsp3) is 0.111. The zero-order valence-corrected chi connectivity index (χ0v) is 16.0. The number of rotatable bonds is 5. The highest BCUT2D eigenvalue weighted by Crippen LogP contribution is 2.30. The van der Waals surface area contributed by atoms with Crippen LogP contribution >= 0.6 is 11.3 Å². The van der Waals surface area contributed by atoms with E-state index in [1.54, 1.807) is 6.92 Å². The van der Waals surface area contributed by atoms with Crippen LogP contribution in [0.1, 0.15) is 15.4 Å². The van der Waals surface area contributed by atoms with Crippen LogP contribution < -0.4 is 5.32 Å². The Morgan fingerprint density at radius 1 is 1.11 bits per heavy atom. The number of hydrogen-bond acceptors (Lipinski definition) is 5. The van der Waals surface area contributed by atoms with E-state index in [4.69, 9.17) is 0 Å². The zero-order valence-electron chi connectivity index (χ0n) is 14.3. The second kappa shape index (κ2) is 7.72. The molecular weight excluding hydrogens is 413 g/mol. The smallest absolute Gasteiger partial charge is 0.320 e. The van der Waals surface area contributed by atoms with Gasteiger partial charge in [0.15, 0.2) is 0 Å². The van der Waals surface area contributed by atoms with E-state index in [1.165, 1.54) is 42.5 Å². The maximum absolute atomic E-state index is 13.1. The number of nitrogens with zero attached hydrogens (tertiary/aromatic N) is 1. The Morgan fingerprint density at radius 3 is 2.39 bits per heavy atom. The number of hydrogen-bond donors (Lipinski definition) is 1. The van der Waals surface area contributed by atoms with Gasteiger partial charge in [-0.1, -0.05) is 12.1 Å². The summed E-state index contributed by atoms with van der Waals surface area (Å²) in [4.78, 5) is 16.4. The molecule has 0 bridgehead atoms. The standard InChI is InChI=1S/C18H13F3N2O3S2/c1-10-15(27-17(22-10)11-6-8-12(19)9-7-11)16(24)23-13-4-2-3-5-14(13)28(25,26)18(20)21/h2-9,18H,1H3,(H,23,24). The van der Waals surface area contributed by atoms with Gasteiger partial charge in [-0.15, -0.1) is 11.3 Å². The number of aryl methyl sites for hydroxylation is 1. The van der Waals surface area contributed by atoms with Crippen molar-refractivity contribution in [3.8, 4) is 10.6 Å². The summed E-state index contributed by atoms with van der Waals surface area (Å²) in [6, 6.07) is 10.5. The first-order valence-electron chi connectivity index (χ1n) is 7.86. The molecule has 0 radical (unpaired) electrons. The Balaban J connectivity index is 1.92. The number of para-hydroxylation sites is 1. The number of halogens is 3. The number of carbonyl (C=O) groups excluding carboxylic acids is 1. The third-order valence-electron chi connectivity index (χ3n) is 3.77. The second-order valence-electron chi connectivity index (χ2n) is 5.70. The van der Waals surface area contributed by atoms with Crippen LogP contribution in [0.15, 0.2) is 53.4 Å². The van der Waals surface area contributed by atoms with E-state index in [2.05, 4.69) is 10.3 Å². The number of thiazole rings is 1. The van der Waals surface area contributed by atoms with Crippen LogP contribution in [0.3, 0.4) is 0 Å². The maximum Gasteiger partial charge on any atom is 0.341 e. The van der Waals surface area contributed by atoms with Gasteiger partial charge in [-0.25, -0.2) is 17.8 Å². The molecule has 0 aliphatic carbocycles. The molecular formula is C18H13F3N2O3S2. The molecule has 3 aromatic rings. The molecule has 0 aliphatic heterocycles. The van der Waals surface area contributed by atoms with Crippen LogP contribution in [0.2, 0.25) is 0 Å². The minimum atomic E-state index is -4.88. The molecule has 1 N–H and O–H groups in total. The Bertz CT molecular complexity index is 1130. The Kier molecular flexibility index (Phi) is 5.52. The van der Waals surface area contributed by atoms with Crippen molar-refractivity contribution in [1.29, 1.82) is 0 Å². The van der Waals surface area contributed by atoms with Gasteiger partial charge in [0, 0.05) is 5.56 Å². The molecule has 0 saturated carbocycles. The molecule has 0 saturated heterocycles. The average molecular weight is 426 g/mol. The molecule has 28 heavy (non-hydrogen) atoms. The average Bonchev–Trinajstić information content (AvgIpc) is 3.04. The molecule has 5 nitrogen and oxygen atoms in total. The zero-order chi connectivity index (χ0) is 20.5. The first-order valence-corrected chi connectivity index (χ1v) is 10.2. The summed E-state index contributed by atoms with van der Waals surface area (Å²) in [6.07, 6.45) is 0. The SMILES string of the molecule is Cc1nc(-c2ccc(F)cc2)sc1C(=O)Nc1ccccc1S(=O)(=O)C(F)F. The molecule has 3 rings (SSSR count). The van der Waals surface area contributed by atoms with Gasteiger partial charge < -0.3 is 5.32 Å². The lowest BCUT2D eigenvalue weighted by Crippen LogP contribution is -2.17. The fourth-order valence-corrected chi connectivity index (χ4v) is 4.27. The van der Waals surface area contributed by atoms with Gasteiger partial charge in [-0.2, -0.15) is 8.78 Å². The summed E-state index contributed by atoms with van der Waals surface area (Å²) >= 11 is 1.02. The van der Waals surface area contributed by atoms with Gasteiger partial charge in [0.05, 0.1) is 16.3 Å². The molecule has 1 amide bonds. The van der Waals surface area contributed by atoms with Crippen molar-refractivity contribution < 1.29 is 26.4 Å². The summed E-state index contributed by atoms with van der Waals surface area (Å²) in [6.45, 7) is 1.58. The van der Waals surface area contributed by atoms with Crippen LogP contribution in [-0.4, -0.2) is 25.1 Å².